The molecule has 0 saturated carbocycles. The Kier molecular flexibility index (Phi) is 6.32. The molecule has 0 bridgehead atoms. The second-order valence-electron chi connectivity index (χ2n) is 6.51. The number of nitrogens with zero attached hydrogens (tertiary/aromatic N) is 3. The normalized spacial score (nSPS) is 10.4. The third kappa shape index (κ3) is 5.32. The molecule has 7 heteroatoms. The summed E-state index contributed by atoms with van der Waals surface area (Å²) in [6.45, 7) is 0.349. The quantitative estimate of drug-likeness (QED) is 0.307. The zero-order valence-electron chi connectivity index (χ0n) is 16.1. The van der Waals surface area contributed by atoms with Gasteiger partial charge in [-0.2, -0.15) is 10.2 Å². The van der Waals surface area contributed by atoms with Crippen molar-refractivity contribution in [2.75, 3.05) is 0 Å². The van der Waals surface area contributed by atoms with E-state index in [1.807, 2.05) is 36.4 Å². The van der Waals surface area contributed by atoms with E-state index < -0.39 is 0 Å². The van der Waals surface area contributed by atoms with Crippen LogP contribution in [0.4, 0.5) is 0 Å². The number of ether oxygens (including phenoxy) is 2. The fourth-order valence-corrected chi connectivity index (χ4v) is 3.19. The summed E-state index contributed by atoms with van der Waals surface area (Å²) in [5.41, 5.74) is 2.13. The van der Waals surface area contributed by atoms with Gasteiger partial charge in [-0.1, -0.05) is 65.7 Å². The maximum atomic E-state index is 9.28. The second kappa shape index (κ2) is 9.48. The van der Waals surface area contributed by atoms with Crippen LogP contribution >= 0.6 is 23.2 Å². The van der Waals surface area contributed by atoms with Crippen LogP contribution < -0.4 is 9.47 Å². The smallest absolute Gasteiger partial charge is 0.224 e. The summed E-state index contributed by atoms with van der Waals surface area (Å²) < 4.78 is 11.9. The first-order valence-electron chi connectivity index (χ1n) is 9.30. The van der Waals surface area contributed by atoms with Gasteiger partial charge in [0.1, 0.15) is 11.8 Å². The van der Waals surface area contributed by atoms with Crippen molar-refractivity contribution in [2.45, 2.75) is 6.61 Å². The molecule has 1 aromatic heterocycles. The molecular weight excluding hydrogens is 433 g/mol. The summed E-state index contributed by atoms with van der Waals surface area (Å²) in [5.74, 6) is 1.41. The van der Waals surface area contributed by atoms with Crippen LogP contribution in [0.25, 0.3) is 11.4 Å². The molecule has 0 spiro atoms. The third-order valence-corrected chi connectivity index (χ3v) is 4.71. The average molecular weight is 448 g/mol. The van der Waals surface area contributed by atoms with Gasteiger partial charge < -0.3 is 9.47 Å². The van der Waals surface area contributed by atoms with E-state index in [2.05, 4.69) is 16.0 Å². The molecule has 0 unspecified atom stereocenters. The SMILES string of the molecule is N#Cc1ccc(OCc2ccccc2)c(Oc2cc(Cl)nc(-c3cccc(Cl)c3)n2)c1. The van der Waals surface area contributed by atoms with E-state index in [1.54, 1.807) is 36.4 Å². The Morgan fingerprint density at radius 1 is 0.839 bits per heavy atom. The summed E-state index contributed by atoms with van der Waals surface area (Å²) in [7, 11) is 0. The van der Waals surface area contributed by atoms with Crippen LogP contribution in [-0.2, 0) is 6.61 Å². The van der Waals surface area contributed by atoms with Crippen molar-refractivity contribution in [3.05, 3.63) is 100 Å². The van der Waals surface area contributed by atoms with Crippen molar-refractivity contribution in [1.29, 1.82) is 5.26 Å². The molecule has 4 aromatic rings. The van der Waals surface area contributed by atoms with Gasteiger partial charge in [0.15, 0.2) is 17.3 Å². The minimum absolute atomic E-state index is 0.211. The minimum Gasteiger partial charge on any atom is -0.485 e. The first kappa shape index (κ1) is 20.7. The summed E-state index contributed by atoms with van der Waals surface area (Å²) in [5, 5.41) is 10.1. The van der Waals surface area contributed by atoms with Crippen LogP contribution in [0.2, 0.25) is 10.2 Å². The minimum atomic E-state index is 0.211. The van der Waals surface area contributed by atoms with E-state index in [4.69, 9.17) is 32.7 Å². The number of halogens is 2. The lowest BCUT2D eigenvalue weighted by atomic mass is 10.2. The van der Waals surface area contributed by atoms with Gasteiger partial charge in [-0.15, -0.1) is 0 Å². The third-order valence-electron chi connectivity index (χ3n) is 4.28. The van der Waals surface area contributed by atoms with Crippen LogP contribution in [-0.4, -0.2) is 9.97 Å². The molecule has 152 valence electrons. The maximum absolute atomic E-state index is 9.28. The Hall–Kier alpha value is -3.59. The fourth-order valence-electron chi connectivity index (χ4n) is 2.83. The van der Waals surface area contributed by atoms with Crippen LogP contribution in [0, 0.1) is 11.3 Å². The lowest BCUT2D eigenvalue weighted by Gasteiger charge is -2.13. The van der Waals surface area contributed by atoms with E-state index >= 15 is 0 Å². The monoisotopic (exact) mass is 447 g/mol. The largest absolute Gasteiger partial charge is 0.485 e. The van der Waals surface area contributed by atoms with Crippen LogP contribution in [0.3, 0.4) is 0 Å². The summed E-state index contributed by atoms with van der Waals surface area (Å²) in [6.07, 6.45) is 0. The van der Waals surface area contributed by atoms with Crippen molar-refractivity contribution in [2.24, 2.45) is 0 Å². The first-order chi connectivity index (χ1) is 15.1. The van der Waals surface area contributed by atoms with E-state index in [9.17, 15) is 5.26 Å². The van der Waals surface area contributed by atoms with Crippen molar-refractivity contribution >= 4 is 23.2 Å². The van der Waals surface area contributed by atoms with Crippen molar-refractivity contribution in [3.63, 3.8) is 0 Å². The Bertz CT molecular complexity index is 1260. The lowest BCUT2D eigenvalue weighted by Crippen LogP contribution is -1.99. The van der Waals surface area contributed by atoms with Crippen LogP contribution in [0.15, 0.2) is 78.9 Å². The molecule has 0 radical (unpaired) electrons. The Balaban J connectivity index is 1.64. The highest BCUT2D eigenvalue weighted by Gasteiger charge is 2.13. The van der Waals surface area contributed by atoms with E-state index in [0.717, 1.165) is 5.56 Å². The van der Waals surface area contributed by atoms with Gasteiger partial charge in [0, 0.05) is 22.7 Å². The number of rotatable bonds is 6. The first-order valence-corrected chi connectivity index (χ1v) is 10.1. The molecule has 0 aliphatic heterocycles. The standard InChI is InChI=1S/C24H15Cl2N3O2/c25-19-8-4-7-18(12-19)24-28-22(26)13-23(29-24)31-21-11-17(14-27)9-10-20(21)30-15-16-5-2-1-3-6-16/h1-13H,15H2. The molecule has 5 nitrogen and oxygen atoms in total. The van der Waals surface area contributed by atoms with Crippen LogP contribution in [0.5, 0.6) is 17.4 Å². The molecule has 31 heavy (non-hydrogen) atoms. The van der Waals surface area contributed by atoms with Crippen LogP contribution in [0.1, 0.15) is 11.1 Å². The number of hydrogen-bond acceptors (Lipinski definition) is 5. The van der Waals surface area contributed by atoms with Gasteiger partial charge in [0.2, 0.25) is 5.88 Å². The van der Waals surface area contributed by atoms with Gasteiger partial charge >= 0.3 is 0 Å². The van der Waals surface area contributed by atoms with Gasteiger partial charge in [-0.05, 0) is 29.8 Å². The molecule has 0 fully saturated rings. The van der Waals surface area contributed by atoms with Gasteiger partial charge in [0.05, 0.1) is 11.6 Å². The van der Waals surface area contributed by atoms with Crippen molar-refractivity contribution in [3.8, 4) is 34.8 Å². The Labute approximate surface area is 189 Å². The highest BCUT2D eigenvalue weighted by molar-refractivity contribution is 6.31. The van der Waals surface area contributed by atoms with Gasteiger partial charge in [-0.25, -0.2) is 4.98 Å². The lowest BCUT2D eigenvalue weighted by molar-refractivity contribution is 0.290. The summed E-state index contributed by atoms with van der Waals surface area (Å²) in [6, 6.07) is 25.4. The van der Waals surface area contributed by atoms with Gasteiger partial charge in [0.25, 0.3) is 0 Å². The molecular formula is C24H15Cl2N3O2. The summed E-state index contributed by atoms with van der Waals surface area (Å²) in [4.78, 5) is 8.69. The maximum Gasteiger partial charge on any atom is 0.224 e. The topological polar surface area (TPSA) is 68.0 Å². The van der Waals surface area contributed by atoms with Gasteiger partial charge in [-0.3, -0.25) is 0 Å². The van der Waals surface area contributed by atoms with E-state index in [1.165, 1.54) is 6.07 Å². The highest BCUT2D eigenvalue weighted by atomic mass is 35.5. The average Bonchev–Trinajstić information content (AvgIpc) is 2.78. The molecule has 0 amide bonds. The molecule has 3 aromatic carbocycles. The second-order valence-corrected chi connectivity index (χ2v) is 7.34. The number of benzene rings is 3. The molecule has 1 heterocycles. The zero-order valence-corrected chi connectivity index (χ0v) is 17.6. The molecule has 0 saturated heterocycles. The number of nitriles is 1. The highest BCUT2D eigenvalue weighted by Crippen LogP contribution is 2.34. The molecule has 4 rings (SSSR count). The Morgan fingerprint density at radius 3 is 2.45 bits per heavy atom. The Morgan fingerprint density at radius 2 is 1.68 bits per heavy atom. The van der Waals surface area contributed by atoms with E-state index in [-0.39, 0.29) is 11.0 Å². The predicted octanol–water partition coefficient (Wildman–Crippen LogP) is 6.69. The molecule has 0 aliphatic rings. The van der Waals surface area contributed by atoms with E-state index in [0.29, 0.717) is 40.1 Å². The molecule has 0 aliphatic carbocycles. The zero-order chi connectivity index (χ0) is 21.6. The van der Waals surface area contributed by atoms with Crippen molar-refractivity contribution in [1.82, 2.24) is 9.97 Å². The fraction of sp³-hybridized carbons (Fsp3) is 0.0417. The predicted molar refractivity (Wildman–Crippen MR) is 119 cm³/mol. The molecule has 0 atom stereocenters. The molecule has 0 N–H and O–H groups in total. The number of hydrogen-bond donors (Lipinski definition) is 0. The van der Waals surface area contributed by atoms with Crippen molar-refractivity contribution < 1.29 is 9.47 Å². The number of aromatic nitrogens is 2. The summed E-state index contributed by atoms with van der Waals surface area (Å²) >= 11 is 12.3.